The Morgan fingerprint density at radius 1 is 1.21 bits per heavy atom. The van der Waals surface area contributed by atoms with Gasteiger partial charge in [-0.2, -0.15) is 0 Å². The van der Waals surface area contributed by atoms with E-state index in [2.05, 4.69) is 16.3 Å². The van der Waals surface area contributed by atoms with E-state index in [4.69, 9.17) is 4.74 Å². The first-order valence-corrected chi connectivity index (χ1v) is 9.20. The van der Waals surface area contributed by atoms with E-state index in [1.807, 2.05) is 49.3 Å². The molecule has 1 aliphatic rings. The van der Waals surface area contributed by atoms with Crippen LogP contribution in [0.2, 0.25) is 0 Å². The van der Waals surface area contributed by atoms with E-state index in [0.717, 1.165) is 30.8 Å². The zero-order valence-electron chi connectivity index (χ0n) is 14.3. The van der Waals surface area contributed by atoms with E-state index in [1.54, 1.807) is 11.3 Å². The Bertz CT molecular complexity index is 670. The van der Waals surface area contributed by atoms with Crippen LogP contribution < -0.4 is 4.74 Å². The normalized spacial score (nSPS) is 16.5. The molecule has 0 spiro atoms. The van der Waals surface area contributed by atoms with Gasteiger partial charge < -0.3 is 14.5 Å². The Hall–Kier alpha value is -1.85. The third-order valence-electron chi connectivity index (χ3n) is 4.31. The molecule has 0 saturated carbocycles. The third-order valence-corrected chi connectivity index (χ3v) is 5.17. The van der Waals surface area contributed by atoms with Crippen molar-refractivity contribution in [1.82, 2.24) is 9.80 Å². The second-order valence-corrected chi connectivity index (χ2v) is 7.40. The van der Waals surface area contributed by atoms with Crippen molar-refractivity contribution in [3.63, 3.8) is 0 Å². The van der Waals surface area contributed by atoms with Crippen molar-refractivity contribution in [2.75, 3.05) is 33.8 Å². The number of thiophene rings is 1. The molecule has 1 aromatic heterocycles. The molecular weight excluding hydrogens is 320 g/mol. The van der Waals surface area contributed by atoms with Crippen LogP contribution in [-0.4, -0.2) is 49.5 Å². The molecule has 2 aromatic rings. The van der Waals surface area contributed by atoms with Crippen LogP contribution >= 0.6 is 11.3 Å². The molecule has 4 nitrogen and oxygen atoms in total. The van der Waals surface area contributed by atoms with E-state index in [1.165, 1.54) is 4.88 Å². The number of amides is 1. The van der Waals surface area contributed by atoms with Gasteiger partial charge in [0.15, 0.2) is 0 Å². The van der Waals surface area contributed by atoms with E-state index in [0.29, 0.717) is 13.2 Å². The molecule has 0 aliphatic carbocycles. The summed E-state index contributed by atoms with van der Waals surface area (Å²) in [5.41, 5.74) is 1.02. The van der Waals surface area contributed by atoms with Crippen LogP contribution in [0.1, 0.15) is 22.8 Å². The molecule has 2 heterocycles. The van der Waals surface area contributed by atoms with E-state index >= 15 is 0 Å². The van der Waals surface area contributed by atoms with Crippen molar-refractivity contribution >= 4 is 17.2 Å². The lowest BCUT2D eigenvalue weighted by Gasteiger charge is -2.31. The Balaban J connectivity index is 1.80. The van der Waals surface area contributed by atoms with Crippen molar-refractivity contribution in [3.05, 3.63) is 52.2 Å². The molecule has 1 aromatic carbocycles. The summed E-state index contributed by atoms with van der Waals surface area (Å²) in [4.78, 5) is 18.6. The van der Waals surface area contributed by atoms with Crippen LogP contribution in [0.3, 0.4) is 0 Å². The maximum absolute atomic E-state index is 13.3. The van der Waals surface area contributed by atoms with Gasteiger partial charge in [-0.3, -0.25) is 4.79 Å². The highest BCUT2D eigenvalue weighted by molar-refractivity contribution is 7.09. The van der Waals surface area contributed by atoms with E-state index in [9.17, 15) is 4.79 Å². The minimum atomic E-state index is -0.0999. The molecule has 128 valence electrons. The molecule has 1 aliphatic heterocycles. The highest BCUT2D eigenvalue weighted by atomic mass is 32.1. The maximum atomic E-state index is 13.3. The summed E-state index contributed by atoms with van der Waals surface area (Å²) in [6.45, 7) is 2.89. The van der Waals surface area contributed by atoms with Gasteiger partial charge in [-0.15, -0.1) is 11.3 Å². The van der Waals surface area contributed by atoms with Gasteiger partial charge in [0.2, 0.25) is 5.91 Å². The van der Waals surface area contributed by atoms with Crippen molar-refractivity contribution in [2.24, 2.45) is 0 Å². The number of fused-ring (bicyclic) bond motifs is 1. The van der Waals surface area contributed by atoms with Crippen LogP contribution in [0.15, 0.2) is 41.8 Å². The van der Waals surface area contributed by atoms with Gasteiger partial charge >= 0.3 is 0 Å². The van der Waals surface area contributed by atoms with Crippen LogP contribution in [-0.2, 0) is 11.3 Å². The summed E-state index contributed by atoms with van der Waals surface area (Å²) in [6, 6.07) is 12.1. The minimum absolute atomic E-state index is 0.0999. The zero-order valence-corrected chi connectivity index (χ0v) is 15.1. The molecule has 1 atom stereocenters. The summed E-state index contributed by atoms with van der Waals surface area (Å²) < 4.78 is 5.71. The molecule has 0 N–H and O–H groups in total. The van der Waals surface area contributed by atoms with Crippen molar-refractivity contribution in [1.29, 1.82) is 0 Å². The number of benzene rings is 1. The molecule has 1 amide bonds. The predicted octanol–water partition coefficient (Wildman–Crippen LogP) is 3.20. The number of hydrogen-bond donors (Lipinski definition) is 0. The fourth-order valence-electron chi connectivity index (χ4n) is 3.00. The van der Waals surface area contributed by atoms with Crippen LogP contribution in [0, 0.1) is 0 Å². The second-order valence-electron chi connectivity index (χ2n) is 6.37. The number of likely N-dealkylation sites (N-methyl/N-ethyl adjacent to an activating group) is 1. The largest absolute Gasteiger partial charge is 0.493 e. The topological polar surface area (TPSA) is 32.8 Å². The highest BCUT2D eigenvalue weighted by Crippen LogP contribution is 2.35. The standard InChI is InChI=1S/C19H24N2O2S/c1-20(2)10-11-21(14-15-6-5-13-24-15)19(22)17-9-12-23-18-8-4-3-7-16(17)18/h3-8,13,17H,9-12,14H2,1-2H3/t17-/m1/s1. The first-order valence-electron chi connectivity index (χ1n) is 8.33. The van der Waals surface area contributed by atoms with E-state index in [-0.39, 0.29) is 11.8 Å². The molecule has 24 heavy (non-hydrogen) atoms. The number of ether oxygens (including phenoxy) is 1. The zero-order chi connectivity index (χ0) is 16.9. The number of carbonyl (C=O) groups excluding carboxylic acids is 1. The first kappa shape index (κ1) is 17.0. The second kappa shape index (κ2) is 7.81. The summed E-state index contributed by atoms with van der Waals surface area (Å²) in [5, 5.41) is 2.06. The smallest absolute Gasteiger partial charge is 0.230 e. The van der Waals surface area contributed by atoms with Crippen molar-refractivity contribution in [3.8, 4) is 5.75 Å². The Morgan fingerprint density at radius 2 is 2.04 bits per heavy atom. The fraction of sp³-hybridized carbons (Fsp3) is 0.421. The molecular formula is C19H24N2O2S. The number of carbonyl (C=O) groups is 1. The average Bonchev–Trinajstić information content (AvgIpc) is 3.10. The van der Waals surface area contributed by atoms with Gasteiger partial charge in [-0.1, -0.05) is 24.3 Å². The Labute approximate surface area is 147 Å². The maximum Gasteiger partial charge on any atom is 0.230 e. The lowest BCUT2D eigenvalue weighted by atomic mass is 9.91. The number of hydrogen-bond acceptors (Lipinski definition) is 4. The molecule has 0 bridgehead atoms. The summed E-state index contributed by atoms with van der Waals surface area (Å²) >= 11 is 1.70. The van der Waals surface area contributed by atoms with Gasteiger partial charge in [0.1, 0.15) is 5.75 Å². The molecule has 0 saturated heterocycles. The van der Waals surface area contributed by atoms with Crippen molar-refractivity contribution < 1.29 is 9.53 Å². The first-order chi connectivity index (χ1) is 11.6. The lowest BCUT2D eigenvalue weighted by molar-refractivity contribution is -0.134. The number of para-hydroxylation sites is 1. The molecule has 5 heteroatoms. The van der Waals surface area contributed by atoms with E-state index < -0.39 is 0 Å². The quantitative estimate of drug-likeness (QED) is 0.807. The SMILES string of the molecule is CN(C)CCN(Cc1cccs1)C(=O)[C@@H]1CCOc2ccccc21. The Kier molecular flexibility index (Phi) is 5.53. The molecule has 0 radical (unpaired) electrons. The fourth-order valence-corrected chi connectivity index (χ4v) is 3.72. The highest BCUT2D eigenvalue weighted by Gasteiger charge is 2.31. The van der Waals surface area contributed by atoms with Crippen LogP contribution in [0.4, 0.5) is 0 Å². The summed E-state index contributed by atoms with van der Waals surface area (Å²) in [5.74, 6) is 0.962. The Morgan fingerprint density at radius 3 is 2.79 bits per heavy atom. The van der Waals surface area contributed by atoms with Crippen molar-refractivity contribution in [2.45, 2.75) is 18.9 Å². The van der Waals surface area contributed by atoms with Gasteiger partial charge in [0, 0.05) is 23.5 Å². The number of nitrogens with zero attached hydrogens (tertiary/aromatic N) is 2. The predicted molar refractivity (Wildman–Crippen MR) is 97.6 cm³/mol. The molecule has 3 rings (SSSR count). The van der Waals surface area contributed by atoms with Crippen LogP contribution in [0.5, 0.6) is 5.75 Å². The van der Waals surface area contributed by atoms with Gasteiger partial charge in [0.25, 0.3) is 0 Å². The van der Waals surface area contributed by atoms with Gasteiger partial charge in [-0.25, -0.2) is 0 Å². The molecule has 0 fully saturated rings. The molecule has 0 unspecified atom stereocenters. The van der Waals surface area contributed by atoms with Gasteiger partial charge in [0.05, 0.1) is 19.1 Å². The third kappa shape index (κ3) is 3.97. The summed E-state index contributed by atoms with van der Waals surface area (Å²) in [6.07, 6.45) is 0.749. The average molecular weight is 344 g/mol. The monoisotopic (exact) mass is 344 g/mol. The minimum Gasteiger partial charge on any atom is -0.493 e. The summed E-state index contributed by atoms with van der Waals surface area (Å²) in [7, 11) is 4.08. The lowest BCUT2D eigenvalue weighted by Crippen LogP contribution is -2.40. The van der Waals surface area contributed by atoms with Gasteiger partial charge in [-0.05, 0) is 38.0 Å². The van der Waals surface area contributed by atoms with Crippen LogP contribution in [0.25, 0.3) is 0 Å². The number of rotatable bonds is 6.